The maximum Gasteiger partial charge on any atom is 0.407 e. The van der Waals surface area contributed by atoms with Crippen LogP contribution in [0.1, 0.15) is 25.8 Å². The third-order valence-electron chi connectivity index (χ3n) is 3.51. The molecule has 140 valence electrons. The lowest BCUT2D eigenvalue weighted by atomic mass is 10.0. The minimum absolute atomic E-state index is 0.186. The number of anilines is 1. The molecular formula is C17H22BrN5O3. The summed E-state index contributed by atoms with van der Waals surface area (Å²) in [5.74, 6) is 0.0136. The number of halogens is 1. The Morgan fingerprint density at radius 2 is 2.12 bits per heavy atom. The highest BCUT2D eigenvalue weighted by atomic mass is 79.9. The number of methoxy groups -OCH3 is 1. The van der Waals surface area contributed by atoms with Gasteiger partial charge in [-0.3, -0.25) is 10.1 Å². The molecule has 26 heavy (non-hydrogen) atoms. The average molecular weight is 424 g/mol. The van der Waals surface area contributed by atoms with Crippen molar-refractivity contribution in [2.24, 2.45) is 5.92 Å². The van der Waals surface area contributed by atoms with E-state index in [1.54, 1.807) is 11.0 Å². The van der Waals surface area contributed by atoms with E-state index in [-0.39, 0.29) is 17.8 Å². The summed E-state index contributed by atoms with van der Waals surface area (Å²) < 4.78 is 7.18. The van der Waals surface area contributed by atoms with Gasteiger partial charge in [-0.1, -0.05) is 41.9 Å². The van der Waals surface area contributed by atoms with Crippen LogP contribution in [-0.2, 0) is 16.1 Å². The van der Waals surface area contributed by atoms with Crippen LogP contribution in [0.25, 0.3) is 0 Å². The smallest absolute Gasteiger partial charge is 0.407 e. The normalized spacial score (nSPS) is 11.9. The highest BCUT2D eigenvalue weighted by Gasteiger charge is 2.23. The molecule has 9 heteroatoms. The largest absolute Gasteiger partial charge is 0.453 e. The first-order chi connectivity index (χ1) is 12.4. The Labute approximate surface area is 160 Å². The highest BCUT2D eigenvalue weighted by molar-refractivity contribution is 9.10. The highest BCUT2D eigenvalue weighted by Crippen LogP contribution is 2.13. The second kappa shape index (κ2) is 9.33. The van der Waals surface area contributed by atoms with Gasteiger partial charge < -0.3 is 10.1 Å². The van der Waals surface area contributed by atoms with E-state index in [0.29, 0.717) is 13.0 Å². The van der Waals surface area contributed by atoms with Gasteiger partial charge in [0.05, 0.1) is 13.7 Å². The van der Waals surface area contributed by atoms with Gasteiger partial charge in [0.25, 0.3) is 0 Å². The predicted molar refractivity (Wildman–Crippen MR) is 101 cm³/mol. The van der Waals surface area contributed by atoms with Gasteiger partial charge in [-0.2, -0.15) is 0 Å². The van der Waals surface area contributed by atoms with Crippen LogP contribution in [0, 0.1) is 5.92 Å². The predicted octanol–water partition coefficient (Wildman–Crippen LogP) is 2.80. The Morgan fingerprint density at radius 1 is 1.35 bits per heavy atom. The molecule has 1 atom stereocenters. The van der Waals surface area contributed by atoms with E-state index in [2.05, 4.69) is 41.4 Å². The fourth-order valence-electron chi connectivity index (χ4n) is 2.35. The van der Waals surface area contributed by atoms with E-state index in [1.165, 1.54) is 7.11 Å². The molecule has 2 amide bonds. The summed E-state index contributed by atoms with van der Waals surface area (Å²) in [6.07, 6.45) is 1.36. The number of hydrogen-bond donors (Lipinski definition) is 2. The summed E-state index contributed by atoms with van der Waals surface area (Å²) in [7, 11) is 1.25. The van der Waals surface area contributed by atoms with Crippen LogP contribution >= 0.6 is 15.9 Å². The van der Waals surface area contributed by atoms with E-state index in [9.17, 15) is 9.59 Å². The monoisotopic (exact) mass is 423 g/mol. The first kappa shape index (κ1) is 19.9. The Morgan fingerprint density at radius 3 is 2.77 bits per heavy atom. The number of alkyl carbamates (subject to hydrolysis) is 1. The van der Waals surface area contributed by atoms with Crippen LogP contribution in [0.4, 0.5) is 10.7 Å². The molecular weight excluding hydrogens is 402 g/mol. The number of nitrogens with zero attached hydrogens (tertiary/aromatic N) is 3. The first-order valence-corrected chi connectivity index (χ1v) is 8.96. The zero-order chi connectivity index (χ0) is 19.1. The van der Waals surface area contributed by atoms with E-state index < -0.39 is 12.1 Å². The summed E-state index contributed by atoms with van der Waals surface area (Å²) in [5.41, 5.74) is 1.05. The van der Waals surface area contributed by atoms with Gasteiger partial charge >= 0.3 is 6.09 Å². The van der Waals surface area contributed by atoms with Crippen LogP contribution in [0.2, 0.25) is 0 Å². The van der Waals surface area contributed by atoms with Crippen molar-refractivity contribution in [2.75, 3.05) is 12.4 Å². The molecule has 0 aliphatic rings. The second-order valence-corrected chi connectivity index (χ2v) is 7.12. The fraction of sp³-hybridized carbons (Fsp3) is 0.412. The number of nitrogens with one attached hydrogen (secondary N) is 2. The van der Waals surface area contributed by atoms with Gasteiger partial charge in [0.2, 0.25) is 11.9 Å². The van der Waals surface area contributed by atoms with Crippen LogP contribution in [-0.4, -0.2) is 39.9 Å². The van der Waals surface area contributed by atoms with Crippen LogP contribution in [0.5, 0.6) is 0 Å². The number of aromatic nitrogens is 3. The summed E-state index contributed by atoms with van der Waals surface area (Å²) in [4.78, 5) is 28.0. The van der Waals surface area contributed by atoms with Crippen molar-refractivity contribution in [1.82, 2.24) is 20.1 Å². The molecule has 0 bridgehead atoms. The van der Waals surface area contributed by atoms with Gasteiger partial charge in [-0.15, -0.1) is 5.10 Å². The van der Waals surface area contributed by atoms with E-state index in [4.69, 9.17) is 0 Å². The molecule has 8 nitrogen and oxygen atoms in total. The number of benzene rings is 1. The summed E-state index contributed by atoms with van der Waals surface area (Å²) >= 11 is 3.43. The molecule has 0 aliphatic carbocycles. The number of ether oxygens (including phenoxy) is 1. The van der Waals surface area contributed by atoms with Gasteiger partial charge in [-0.25, -0.2) is 14.5 Å². The zero-order valence-electron chi connectivity index (χ0n) is 14.9. The van der Waals surface area contributed by atoms with Crippen LogP contribution < -0.4 is 10.6 Å². The molecule has 1 aromatic carbocycles. The van der Waals surface area contributed by atoms with Crippen molar-refractivity contribution in [3.05, 3.63) is 40.6 Å². The maximum absolute atomic E-state index is 12.4. The Balaban J connectivity index is 2.01. The minimum Gasteiger partial charge on any atom is -0.453 e. The molecule has 1 heterocycles. The van der Waals surface area contributed by atoms with Crippen molar-refractivity contribution in [2.45, 2.75) is 32.9 Å². The van der Waals surface area contributed by atoms with Crippen molar-refractivity contribution in [3.63, 3.8) is 0 Å². The molecule has 0 aliphatic heterocycles. The topological polar surface area (TPSA) is 98.1 Å². The van der Waals surface area contributed by atoms with E-state index in [0.717, 1.165) is 10.0 Å². The molecule has 0 radical (unpaired) electrons. The number of rotatable bonds is 7. The van der Waals surface area contributed by atoms with Crippen molar-refractivity contribution in [3.8, 4) is 0 Å². The minimum atomic E-state index is -0.723. The molecule has 0 saturated heterocycles. The Bertz CT molecular complexity index is 762. The quantitative estimate of drug-likeness (QED) is 0.713. The van der Waals surface area contributed by atoms with Gasteiger partial charge in [-0.05, 0) is 30.0 Å². The molecule has 0 saturated carbocycles. The fourth-order valence-corrected chi connectivity index (χ4v) is 2.80. The van der Waals surface area contributed by atoms with Crippen molar-refractivity contribution in [1.29, 1.82) is 0 Å². The van der Waals surface area contributed by atoms with Crippen LogP contribution in [0.3, 0.4) is 0 Å². The third kappa shape index (κ3) is 6.14. The summed E-state index contributed by atoms with van der Waals surface area (Å²) in [6.45, 7) is 4.45. The summed E-state index contributed by atoms with van der Waals surface area (Å²) in [5, 5.41) is 9.41. The Kier molecular flexibility index (Phi) is 7.14. The lowest BCUT2D eigenvalue weighted by Crippen LogP contribution is -2.44. The SMILES string of the molecule is COC(=O)NC(CC(C)C)C(=O)Nc1ncn(Cc2cccc(Br)c2)n1. The van der Waals surface area contributed by atoms with Crippen molar-refractivity contribution < 1.29 is 14.3 Å². The average Bonchev–Trinajstić information content (AvgIpc) is 3.00. The number of carbonyl (C=O) groups excluding carboxylic acids is 2. The lowest BCUT2D eigenvalue weighted by molar-refractivity contribution is -0.118. The molecule has 0 spiro atoms. The van der Waals surface area contributed by atoms with Gasteiger partial charge in [0.15, 0.2) is 0 Å². The van der Waals surface area contributed by atoms with Crippen LogP contribution in [0.15, 0.2) is 35.1 Å². The molecule has 0 fully saturated rings. The Hall–Kier alpha value is -2.42. The number of amides is 2. The first-order valence-electron chi connectivity index (χ1n) is 8.16. The number of hydrogen-bond acceptors (Lipinski definition) is 5. The standard InChI is InChI=1S/C17H22BrN5O3/c1-11(2)7-14(20-17(25)26-3)15(24)21-16-19-10-23(22-16)9-12-5-4-6-13(18)8-12/h4-6,8,10-11,14H,7,9H2,1-3H3,(H,20,25)(H,21,22,24). The molecule has 1 aromatic heterocycles. The lowest BCUT2D eigenvalue weighted by Gasteiger charge is -2.18. The zero-order valence-corrected chi connectivity index (χ0v) is 16.5. The molecule has 2 N–H and O–H groups in total. The molecule has 2 rings (SSSR count). The maximum atomic E-state index is 12.4. The third-order valence-corrected chi connectivity index (χ3v) is 4.00. The molecule has 1 unspecified atom stereocenters. The molecule has 2 aromatic rings. The number of carbonyl (C=O) groups is 2. The van der Waals surface area contributed by atoms with Gasteiger partial charge in [0.1, 0.15) is 12.4 Å². The van der Waals surface area contributed by atoms with Gasteiger partial charge in [0, 0.05) is 4.47 Å². The second-order valence-electron chi connectivity index (χ2n) is 6.20. The van der Waals surface area contributed by atoms with Crippen molar-refractivity contribution >= 4 is 33.9 Å². The summed E-state index contributed by atoms with van der Waals surface area (Å²) in [6, 6.07) is 7.12. The van der Waals surface area contributed by atoms with E-state index >= 15 is 0 Å². The van der Waals surface area contributed by atoms with E-state index in [1.807, 2.05) is 38.1 Å².